The van der Waals surface area contributed by atoms with Crippen molar-refractivity contribution in [3.05, 3.63) is 18.1 Å². The zero-order chi connectivity index (χ0) is 6.69. The molecular weight excluding hydrogens is 108 g/mol. The van der Waals surface area contributed by atoms with Crippen molar-refractivity contribution in [2.24, 2.45) is 5.92 Å². The molecule has 0 aromatic heterocycles. The van der Waals surface area contributed by atoms with Gasteiger partial charge in [0.15, 0.2) is 0 Å². The van der Waals surface area contributed by atoms with E-state index in [0.29, 0.717) is 0 Å². The Balaban J connectivity index is 2.53. The summed E-state index contributed by atoms with van der Waals surface area (Å²) in [6, 6.07) is 0. The Morgan fingerprint density at radius 3 is 3.00 bits per heavy atom. The molecule has 0 amide bonds. The lowest BCUT2D eigenvalue weighted by atomic mass is 10.0. The van der Waals surface area contributed by atoms with E-state index in [1.54, 1.807) is 0 Å². The van der Waals surface area contributed by atoms with Gasteiger partial charge in [-0.2, -0.15) is 0 Å². The van der Waals surface area contributed by atoms with Gasteiger partial charge in [-0.1, -0.05) is 17.6 Å². The fraction of sp³-hybridized carbons (Fsp3) is 0.556. The molecule has 0 heterocycles. The monoisotopic (exact) mass is 119 g/mol. The van der Waals surface area contributed by atoms with Crippen LogP contribution in [0.3, 0.4) is 0 Å². The molecule has 0 N–H and O–H groups in total. The van der Waals surface area contributed by atoms with Crippen molar-refractivity contribution in [2.75, 3.05) is 0 Å². The van der Waals surface area contributed by atoms with Gasteiger partial charge in [-0.15, -0.1) is 0 Å². The molecule has 47 valence electrons. The predicted molar refractivity (Wildman–Crippen MR) is 38.2 cm³/mol. The average molecular weight is 119 g/mol. The molecule has 0 aliphatic heterocycles. The fourth-order valence-corrected chi connectivity index (χ4v) is 1.18. The zero-order valence-electron chi connectivity index (χ0n) is 5.78. The molecular formula is C9H11. The first-order valence-electron chi connectivity index (χ1n) is 3.46. The highest BCUT2D eigenvalue weighted by atomic mass is 14.1. The molecule has 0 bridgehead atoms. The second-order valence-corrected chi connectivity index (χ2v) is 2.54. The van der Waals surface area contributed by atoms with Crippen LogP contribution in [-0.4, -0.2) is 0 Å². The minimum atomic E-state index is 0.271. The maximum Gasteiger partial charge on any atom is 0.0393 e. The zero-order valence-corrected chi connectivity index (χ0v) is 5.78. The van der Waals surface area contributed by atoms with Crippen molar-refractivity contribution in [3.63, 3.8) is 0 Å². The number of allylic oxidation sites excluding steroid dienone is 2. The molecule has 1 rings (SSSR count). The van der Waals surface area contributed by atoms with Crippen molar-refractivity contribution in [1.29, 1.82) is 0 Å². The highest BCUT2D eigenvalue weighted by Gasteiger charge is 2.08. The lowest BCUT2D eigenvalue weighted by Crippen LogP contribution is -1.91. The molecule has 1 atom stereocenters. The Morgan fingerprint density at radius 1 is 1.78 bits per heavy atom. The molecule has 0 fully saturated rings. The van der Waals surface area contributed by atoms with E-state index in [-0.39, 0.29) is 5.92 Å². The lowest BCUT2D eigenvalue weighted by Gasteiger charge is -2.01. The molecule has 1 radical (unpaired) electrons. The summed E-state index contributed by atoms with van der Waals surface area (Å²) in [5.74, 6) is 2.76. The lowest BCUT2D eigenvalue weighted by molar-refractivity contribution is 0.809. The third kappa shape index (κ3) is 1.36. The van der Waals surface area contributed by atoms with Gasteiger partial charge in [-0.3, -0.25) is 0 Å². The summed E-state index contributed by atoms with van der Waals surface area (Å²) in [5.41, 5.74) is 1.41. The first-order valence-corrected chi connectivity index (χ1v) is 3.46. The van der Waals surface area contributed by atoms with E-state index in [0.717, 1.165) is 0 Å². The maximum atomic E-state index is 6.88. The van der Waals surface area contributed by atoms with E-state index in [1.807, 2.05) is 6.92 Å². The van der Waals surface area contributed by atoms with Gasteiger partial charge >= 0.3 is 0 Å². The van der Waals surface area contributed by atoms with Crippen molar-refractivity contribution in [1.82, 2.24) is 0 Å². The van der Waals surface area contributed by atoms with Gasteiger partial charge in [0.05, 0.1) is 0 Å². The van der Waals surface area contributed by atoms with E-state index in [9.17, 15) is 0 Å². The van der Waals surface area contributed by atoms with Gasteiger partial charge in [0, 0.05) is 5.92 Å². The molecule has 0 aromatic rings. The first-order chi connectivity index (χ1) is 4.34. The third-order valence-corrected chi connectivity index (χ3v) is 1.85. The van der Waals surface area contributed by atoms with Crippen molar-refractivity contribution in [3.8, 4) is 5.92 Å². The van der Waals surface area contributed by atoms with E-state index in [1.165, 1.54) is 24.8 Å². The van der Waals surface area contributed by atoms with Crippen LogP contribution in [-0.2, 0) is 0 Å². The molecule has 0 saturated heterocycles. The van der Waals surface area contributed by atoms with Crippen LogP contribution < -0.4 is 0 Å². The highest BCUT2D eigenvalue weighted by Crippen LogP contribution is 2.23. The van der Waals surface area contributed by atoms with E-state index >= 15 is 0 Å². The third-order valence-electron chi connectivity index (χ3n) is 1.85. The molecule has 0 spiro atoms. The van der Waals surface area contributed by atoms with Gasteiger partial charge < -0.3 is 0 Å². The molecule has 0 nitrogen and oxygen atoms in total. The topological polar surface area (TPSA) is 0 Å². The Hall–Kier alpha value is -0.700. The van der Waals surface area contributed by atoms with Crippen LogP contribution in [0.25, 0.3) is 0 Å². The van der Waals surface area contributed by atoms with Crippen LogP contribution in [0.4, 0.5) is 0 Å². The summed E-state index contributed by atoms with van der Waals surface area (Å²) < 4.78 is 0. The summed E-state index contributed by atoms with van der Waals surface area (Å²) in [5, 5.41) is 0. The van der Waals surface area contributed by atoms with Crippen molar-refractivity contribution < 1.29 is 0 Å². The quantitative estimate of drug-likeness (QED) is 0.367. The Bertz CT molecular complexity index is 157. The number of hydrogen-bond acceptors (Lipinski definition) is 0. The normalized spacial score (nSPS) is 20.7. The summed E-state index contributed by atoms with van der Waals surface area (Å²) in [6.45, 7) is 2.03. The fourth-order valence-electron chi connectivity index (χ4n) is 1.18. The van der Waals surface area contributed by atoms with Gasteiger partial charge in [-0.05, 0) is 32.6 Å². The van der Waals surface area contributed by atoms with E-state index in [4.69, 9.17) is 6.42 Å². The van der Waals surface area contributed by atoms with Crippen molar-refractivity contribution in [2.45, 2.75) is 26.2 Å². The average Bonchev–Trinajstić information content (AvgIpc) is 2.37. The minimum absolute atomic E-state index is 0.271. The Labute approximate surface area is 57.0 Å². The van der Waals surface area contributed by atoms with Gasteiger partial charge in [0.1, 0.15) is 0 Å². The molecule has 9 heavy (non-hydrogen) atoms. The summed E-state index contributed by atoms with van der Waals surface area (Å²) >= 11 is 0. The maximum absolute atomic E-state index is 6.88. The molecule has 1 aliphatic carbocycles. The molecule has 1 aliphatic rings. The van der Waals surface area contributed by atoms with Crippen LogP contribution in [0.1, 0.15) is 26.2 Å². The Morgan fingerprint density at radius 2 is 2.56 bits per heavy atom. The molecule has 0 saturated carbocycles. The first kappa shape index (κ1) is 6.42. The van der Waals surface area contributed by atoms with Gasteiger partial charge in [0.25, 0.3) is 0 Å². The van der Waals surface area contributed by atoms with Crippen LogP contribution in [0.5, 0.6) is 0 Å². The molecule has 0 aromatic carbocycles. The molecule has 1 unspecified atom stereocenters. The second-order valence-electron chi connectivity index (χ2n) is 2.54. The molecule has 0 heteroatoms. The summed E-state index contributed by atoms with van der Waals surface area (Å²) in [7, 11) is 0. The summed E-state index contributed by atoms with van der Waals surface area (Å²) in [6.07, 6.45) is 12.8. The standard InChI is InChI=1S/C9H11/c1-3-8(2)9-6-4-5-7-9/h6,8H,4-5,7H2,2H3. The van der Waals surface area contributed by atoms with Gasteiger partial charge in [-0.25, -0.2) is 0 Å². The van der Waals surface area contributed by atoms with Gasteiger partial charge in [0.2, 0.25) is 0 Å². The van der Waals surface area contributed by atoms with Crippen molar-refractivity contribution >= 4 is 0 Å². The SMILES string of the molecule is [C]#CC(C)C1=CCCC1. The van der Waals surface area contributed by atoms with Crippen LogP contribution in [0.2, 0.25) is 0 Å². The largest absolute Gasteiger partial charge is 0.0841 e. The van der Waals surface area contributed by atoms with Crippen LogP contribution in [0.15, 0.2) is 11.6 Å². The smallest absolute Gasteiger partial charge is 0.0393 e. The number of hydrogen-bond donors (Lipinski definition) is 0. The minimum Gasteiger partial charge on any atom is -0.0841 e. The summed E-state index contributed by atoms with van der Waals surface area (Å²) in [4.78, 5) is 0. The number of rotatable bonds is 1. The Kier molecular flexibility index (Phi) is 1.95. The van der Waals surface area contributed by atoms with E-state index in [2.05, 4.69) is 12.0 Å². The van der Waals surface area contributed by atoms with Crippen LogP contribution in [0, 0.1) is 18.3 Å². The second kappa shape index (κ2) is 2.73. The van der Waals surface area contributed by atoms with E-state index < -0.39 is 0 Å². The highest BCUT2D eigenvalue weighted by molar-refractivity contribution is 5.17. The predicted octanol–water partition coefficient (Wildman–Crippen LogP) is 2.32. The van der Waals surface area contributed by atoms with Crippen LogP contribution >= 0.6 is 0 Å².